The normalized spacial score (nSPS) is 17.6. The lowest BCUT2D eigenvalue weighted by molar-refractivity contribution is 0.0696. The molecule has 0 unspecified atom stereocenters. The van der Waals surface area contributed by atoms with Crippen molar-refractivity contribution < 1.29 is 19.4 Å². The second kappa shape index (κ2) is 11.6. The fourth-order valence-electron chi connectivity index (χ4n) is 6.44. The molecular weight excluding hydrogens is 476 g/mol. The molecule has 3 aromatic rings. The highest BCUT2D eigenvalue weighted by atomic mass is 16.5. The highest BCUT2D eigenvalue weighted by molar-refractivity contribution is 6.11. The molecule has 1 aliphatic carbocycles. The maximum absolute atomic E-state index is 13.1. The molecule has 6 heteroatoms. The largest absolute Gasteiger partial charge is 0.478 e. The van der Waals surface area contributed by atoms with Crippen molar-refractivity contribution in [3.05, 3.63) is 70.4 Å². The molecule has 0 spiro atoms. The Morgan fingerprint density at radius 2 is 1.87 bits per heavy atom. The molecule has 2 aromatic carbocycles. The molecule has 2 aliphatic rings. The minimum Gasteiger partial charge on any atom is -0.478 e. The molecule has 0 bridgehead atoms. The van der Waals surface area contributed by atoms with Crippen LogP contribution >= 0.6 is 0 Å². The van der Waals surface area contributed by atoms with Gasteiger partial charge in [-0.2, -0.15) is 0 Å². The lowest BCUT2D eigenvalue weighted by Crippen LogP contribution is -2.26. The van der Waals surface area contributed by atoms with Crippen LogP contribution in [0.3, 0.4) is 0 Å². The lowest BCUT2D eigenvalue weighted by atomic mass is 9.75. The lowest BCUT2D eigenvalue weighted by Gasteiger charge is -2.30. The van der Waals surface area contributed by atoms with Gasteiger partial charge >= 0.3 is 5.97 Å². The maximum Gasteiger partial charge on any atom is 0.335 e. The molecule has 2 heterocycles. The van der Waals surface area contributed by atoms with E-state index < -0.39 is 5.97 Å². The number of benzene rings is 2. The first-order valence-corrected chi connectivity index (χ1v) is 14.0. The molecule has 1 aromatic heterocycles. The van der Waals surface area contributed by atoms with E-state index in [9.17, 15) is 14.7 Å². The van der Waals surface area contributed by atoms with E-state index in [0.717, 1.165) is 55.1 Å². The number of nitrogens with one attached hydrogen (secondary N) is 1. The molecule has 5 rings (SSSR count). The fraction of sp³-hybridized carbons (Fsp3) is 0.438. The van der Waals surface area contributed by atoms with Crippen molar-refractivity contribution in [2.45, 2.75) is 64.8 Å². The first-order chi connectivity index (χ1) is 18.5. The fourth-order valence-corrected chi connectivity index (χ4v) is 6.44. The van der Waals surface area contributed by atoms with Gasteiger partial charge in [0.2, 0.25) is 0 Å². The summed E-state index contributed by atoms with van der Waals surface area (Å²) in [4.78, 5) is 24.8. The summed E-state index contributed by atoms with van der Waals surface area (Å²) in [6.45, 7) is 3.88. The number of allylic oxidation sites excluding steroid dienone is 2. The second-order valence-corrected chi connectivity index (χ2v) is 10.7. The smallest absolute Gasteiger partial charge is 0.335 e. The predicted octanol–water partition coefficient (Wildman–Crippen LogP) is 6.70. The Labute approximate surface area is 224 Å². The highest BCUT2D eigenvalue weighted by Crippen LogP contribution is 2.45. The molecule has 200 valence electrons. The Hall–Kier alpha value is -3.38. The number of hydrogen-bond acceptors (Lipinski definition) is 3. The number of aromatic nitrogens is 1. The summed E-state index contributed by atoms with van der Waals surface area (Å²) in [6, 6.07) is 12.0. The summed E-state index contributed by atoms with van der Waals surface area (Å²) >= 11 is 0. The van der Waals surface area contributed by atoms with Crippen LogP contribution in [0.4, 0.5) is 0 Å². The van der Waals surface area contributed by atoms with Gasteiger partial charge in [-0.25, -0.2) is 4.79 Å². The minimum absolute atomic E-state index is 0.0691. The van der Waals surface area contributed by atoms with Gasteiger partial charge in [0.15, 0.2) is 0 Å². The van der Waals surface area contributed by atoms with Gasteiger partial charge in [0, 0.05) is 37.3 Å². The van der Waals surface area contributed by atoms with Crippen LogP contribution in [0, 0.1) is 12.8 Å². The van der Waals surface area contributed by atoms with Crippen molar-refractivity contribution in [1.29, 1.82) is 0 Å². The van der Waals surface area contributed by atoms with E-state index in [1.807, 2.05) is 25.3 Å². The van der Waals surface area contributed by atoms with E-state index in [1.165, 1.54) is 41.5 Å². The van der Waals surface area contributed by atoms with Gasteiger partial charge in [-0.15, -0.1) is 0 Å². The third-order valence-corrected chi connectivity index (χ3v) is 8.24. The van der Waals surface area contributed by atoms with Crippen LogP contribution in [-0.4, -0.2) is 41.8 Å². The van der Waals surface area contributed by atoms with E-state index in [2.05, 4.69) is 28.1 Å². The first-order valence-electron chi connectivity index (χ1n) is 14.0. The van der Waals surface area contributed by atoms with Gasteiger partial charge in [0.05, 0.1) is 23.3 Å². The molecule has 2 N–H and O–H groups in total. The average molecular weight is 515 g/mol. The van der Waals surface area contributed by atoms with E-state index in [-0.39, 0.29) is 5.91 Å². The van der Waals surface area contributed by atoms with E-state index in [0.29, 0.717) is 30.2 Å². The Morgan fingerprint density at radius 1 is 1.05 bits per heavy atom. The van der Waals surface area contributed by atoms with Crippen LogP contribution in [0.2, 0.25) is 0 Å². The van der Waals surface area contributed by atoms with Gasteiger partial charge in [-0.05, 0) is 79.4 Å². The molecule has 6 nitrogen and oxygen atoms in total. The zero-order chi connectivity index (χ0) is 26.6. The predicted molar refractivity (Wildman–Crippen MR) is 152 cm³/mol. The third-order valence-electron chi connectivity index (χ3n) is 8.24. The molecule has 0 radical (unpaired) electrons. The maximum atomic E-state index is 13.1. The number of aromatic carboxylic acids is 1. The average Bonchev–Trinajstić information content (AvgIpc) is 3.29. The van der Waals surface area contributed by atoms with Crippen LogP contribution in [-0.2, 0) is 11.3 Å². The zero-order valence-electron chi connectivity index (χ0n) is 22.5. The molecule has 1 amide bonds. The van der Waals surface area contributed by atoms with Gasteiger partial charge in [-0.1, -0.05) is 43.5 Å². The summed E-state index contributed by atoms with van der Waals surface area (Å²) in [5.41, 5.74) is 8.31. The van der Waals surface area contributed by atoms with Gasteiger partial charge < -0.3 is 19.7 Å². The summed E-state index contributed by atoms with van der Waals surface area (Å²) in [5.74, 6) is -0.514. The number of methoxy groups -OCH3 is 1. The highest BCUT2D eigenvalue weighted by Gasteiger charge is 2.27. The summed E-state index contributed by atoms with van der Waals surface area (Å²) in [6.07, 6.45) is 11.1. The third kappa shape index (κ3) is 5.14. The topological polar surface area (TPSA) is 80.6 Å². The molecule has 1 aliphatic heterocycles. The van der Waals surface area contributed by atoms with Crippen molar-refractivity contribution in [2.24, 2.45) is 5.92 Å². The number of hydrogen-bond donors (Lipinski definition) is 2. The molecule has 1 saturated carbocycles. The number of ether oxygens (including phenoxy) is 1. The number of rotatable bonds is 7. The van der Waals surface area contributed by atoms with Crippen LogP contribution in [0.5, 0.6) is 0 Å². The van der Waals surface area contributed by atoms with E-state index in [1.54, 1.807) is 13.2 Å². The van der Waals surface area contributed by atoms with Crippen LogP contribution < -0.4 is 5.32 Å². The second-order valence-electron chi connectivity index (χ2n) is 10.7. The van der Waals surface area contributed by atoms with Crippen LogP contribution in [0.1, 0.15) is 88.8 Å². The SMILES string of the molecule is COCCNC(=O)c1cn2c3c(cccc13)/C(=C(/c1ccc(C(=O)O)cc1C)C1CCCCC1)CCCC2. The number of amides is 1. The van der Waals surface area contributed by atoms with Gasteiger partial charge in [0.1, 0.15) is 0 Å². The minimum atomic E-state index is -0.892. The standard InChI is InChI=1S/C32H38N2O4/c1-21-19-23(32(36)37)14-15-24(21)29(22-9-4-3-5-10-22)25-11-6-7-17-34-20-28(31(35)33-16-18-38-2)27-13-8-12-26(25)30(27)34/h8,12-15,19-20,22H,3-7,9-11,16-18H2,1-2H3,(H,33,35)(H,36,37)/b29-25+. The molecular formula is C32H38N2O4. The van der Waals surface area contributed by atoms with Crippen molar-refractivity contribution in [2.75, 3.05) is 20.3 Å². The molecule has 0 saturated heterocycles. The Morgan fingerprint density at radius 3 is 2.61 bits per heavy atom. The number of carbonyl (C=O) groups excluding carboxylic acids is 1. The van der Waals surface area contributed by atoms with Crippen molar-refractivity contribution in [3.63, 3.8) is 0 Å². The number of carboxylic acid groups (broad SMARTS) is 1. The zero-order valence-corrected chi connectivity index (χ0v) is 22.5. The first kappa shape index (κ1) is 26.2. The van der Waals surface area contributed by atoms with Crippen molar-refractivity contribution in [3.8, 4) is 0 Å². The summed E-state index contributed by atoms with van der Waals surface area (Å²) in [5, 5.41) is 13.6. The summed E-state index contributed by atoms with van der Waals surface area (Å²) in [7, 11) is 1.63. The number of aryl methyl sites for hydroxylation is 2. The number of carbonyl (C=O) groups is 2. The van der Waals surface area contributed by atoms with E-state index >= 15 is 0 Å². The monoisotopic (exact) mass is 514 g/mol. The quantitative estimate of drug-likeness (QED) is 0.344. The van der Waals surface area contributed by atoms with Crippen LogP contribution in [0.25, 0.3) is 22.0 Å². The summed E-state index contributed by atoms with van der Waals surface area (Å²) < 4.78 is 7.39. The van der Waals surface area contributed by atoms with Gasteiger partial charge in [0.25, 0.3) is 5.91 Å². The Kier molecular flexibility index (Phi) is 7.98. The van der Waals surface area contributed by atoms with E-state index in [4.69, 9.17) is 4.74 Å². The number of nitrogens with zero attached hydrogens (tertiary/aromatic N) is 1. The number of carboxylic acids is 1. The van der Waals surface area contributed by atoms with Crippen LogP contribution in [0.15, 0.2) is 42.6 Å². The molecule has 1 fully saturated rings. The number of para-hydroxylation sites is 1. The van der Waals surface area contributed by atoms with Crippen molar-refractivity contribution in [1.82, 2.24) is 9.88 Å². The Bertz CT molecular complexity index is 1380. The van der Waals surface area contributed by atoms with Gasteiger partial charge in [-0.3, -0.25) is 4.79 Å². The molecule has 38 heavy (non-hydrogen) atoms. The Balaban J connectivity index is 1.72. The molecule has 0 atom stereocenters. The van der Waals surface area contributed by atoms with Crippen molar-refractivity contribution >= 4 is 33.9 Å².